The van der Waals surface area contributed by atoms with Gasteiger partial charge in [0.15, 0.2) is 0 Å². The number of hydrogen-bond acceptors (Lipinski definition) is 3. The van der Waals surface area contributed by atoms with Crippen molar-refractivity contribution in [3.8, 4) is 0 Å². The summed E-state index contributed by atoms with van der Waals surface area (Å²) < 4.78 is 44.5. The van der Waals surface area contributed by atoms with Crippen LogP contribution in [0.15, 0.2) is 24.3 Å². The highest BCUT2D eigenvalue weighted by molar-refractivity contribution is 5.83. The van der Waals surface area contributed by atoms with Crippen molar-refractivity contribution < 1.29 is 27.5 Å². The molecule has 1 fully saturated rings. The monoisotopic (exact) mass is 429 g/mol. The molecule has 9 heteroatoms. The lowest BCUT2D eigenvalue weighted by molar-refractivity contribution is -0.137. The van der Waals surface area contributed by atoms with Crippen LogP contribution in [-0.2, 0) is 15.7 Å². The van der Waals surface area contributed by atoms with Gasteiger partial charge < -0.3 is 20.3 Å². The van der Waals surface area contributed by atoms with Crippen molar-refractivity contribution >= 4 is 11.9 Å². The van der Waals surface area contributed by atoms with E-state index in [2.05, 4.69) is 10.6 Å². The average Bonchev–Trinajstić information content (AvgIpc) is 3.09. The van der Waals surface area contributed by atoms with E-state index in [1.807, 2.05) is 20.8 Å². The molecule has 3 amide bonds. The maximum absolute atomic E-state index is 13.2. The quantitative estimate of drug-likeness (QED) is 0.681. The van der Waals surface area contributed by atoms with E-state index in [-0.39, 0.29) is 25.0 Å². The number of hydrogen-bond donors (Lipinski definition) is 2. The molecular formula is C21H30F3N3O3. The van der Waals surface area contributed by atoms with E-state index in [0.29, 0.717) is 25.1 Å². The summed E-state index contributed by atoms with van der Waals surface area (Å²) in [5, 5.41) is 5.66. The fourth-order valence-electron chi connectivity index (χ4n) is 3.48. The molecule has 0 aliphatic carbocycles. The van der Waals surface area contributed by atoms with Gasteiger partial charge in [0.2, 0.25) is 5.91 Å². The molecule has 0 radical (unpaired) electrons. The summed E-state index contributed by atoms with van der Waals surface area (Å²) in [7, 11) is 1.56. The number of alkyl halides is 3. The number of halogens is 3. The molecule has 168 valence electrons. The maximum atomic E-state index is 13.2. The molecule has 1 saturated heterocycles. The molecule has 1 aliphatic heterocycles. The van der Waals surface area contributed by atoms with Crippen molar-refractivity contribution in [1.82, 2.24) is 15.5 Å². The van der Waals surface area contributed by atoms with E-state index in [0.717, 1.165) is 12.1 Å². The van der Waals surface area contributed by atoms with Gasteiger partial charge in [-0.3, -0.25) is 4.79 Å². The molecule has 0 aromatic heterocycles. The van der Waals surface area contributed by atoms with Crippen molar-refractivity contribution in [2.24, 2.45) is 5.92 Å². The Morgan fingerprint density at radius 3 is 2.50 bits per heavy atom. The van der Waals surface area contributed by atoms with Crippen LogP contribution in [0.3, 0.4) is 0 Å². The van der Waals surface area contributed by atoms with Crippen LogP contribution in [0.25, 0.3) is 0 Å². The molecule has 1 heterocycles. The van der Waals surface area contributed by atoms with Crippen LogP contribution in [0.2, 0.25) is 0 Å². The van der Waals surface area contributed by atoms with Crippen molar-refractivity contribution in [2.45, 2.75) is 44.8 Å². The number of benzene rings is 1. The SMILES string of the molecule is COCCCNC(=O)C1CN(C(=O)NC(C)(C)C)CC1c1cccc(C(F)(F)F)c1. The van der Waals surface area contributed by atoms with Crippen LogP contribution in [0, 0.1) is 5.92 Å². The number of methoxy groups -OCH3 is 1. The Morgan fingerprint density at radius 1 is 1.20 bits per heavy atom. The first-order valence-corrected chi connectivity index (χ1v) is 9.93. The van der Waals surface area contributed by atoms with Crippen LogP contribution < -0.4 is 10.6 Å². The average molecular weight is 429 g/mol. The van der Waals surface area contributed by atoms with E-state index in [4.69, 9.17) is 4.74 Å². The summed E-state index contributed by atoms with van der Waals surface area (Å²) in [6.45, 7) is 6.70. The number of rotatable bonds is 6. The van der Waals surface area contributed by atoms with Gasteiger partial charge in [-0.05, 0) is 38.8 Å². The fraction of sp³-hybridized carbons (Fsp3) is 0.619. The van der Waals surface area contributed by atoms with Crippen LogP contribution >= 0.6 is 0 Å². The maximum Gasteiger partial charge on any atom is 0.416 e. The third kappa shape index (κ3) is 6.62. The van der Waals surface area contributed by atoms with Crippen LogP contribution in [0.5, 0.6) is 0 Å². The highest BCUT2D eigenvalue weighted by Crippen LogP contribution is 2.36. The second-order valence-corrected chi connectivity index (χ2v) is 8.56. The summed E-state index contributed by atoms with van der Waals surface area (Å²) in [6, 6.07) is 4.65. The molecule has 2 atom stereocenters. The Hall–Kier alpha value is -2.29. The van der Waals surface area contributed by atoms with Gasteiger partial charge in [0.25, 0.3) is 0 Å². The van der Waals surface area contributed by atoms with E-state index < -0.39 is 29.1 Å². The fourth-order valence-corrected chi connectivity index (χ4v) is 3.48. The normalized spacial score (nSPS) is 19.6. The molecule has 0 spiro atoms. The van der Waals surface area contributed by atoms with Crippen molar-refractivity contribution in [3.63, 3.8) is 0 Å². The Kier molecular flexibility index (Phi) is 7.74. The number of urea groups is 1. The molecule has 0 saturated carbocycles. The number of carbonyl (C=O) groups excluding carboxylic acids is 2. The zero-order chi connectivity index (χ0) is 22.5. The lowest BCUT2D eigenvalue weighted by Gasteiger charge is -2.25. The number of amides is 3. The van der Waals surface area contributed by atoms with Gasteiger partial charge in [0.1, 0.15) is 0 Å². The van der Waals surface area contributed by atoms with Gasteiger partial charge in [0.05, 0.1) is 11.5 Å². The minimum Gasteiger partial charge on any atom is -0.385 e. The van der Waals surface area contributed by atoms with Gasteiger partial charge in [-0.2, -0.15) is 13.2 Å². The summed E-state index contributed by atoms with van der Waals surface area (Å²) in [6.07, 6.45) is -3.85. The zero-order valence-corrected chi connectivity index (χ0v) is 17.8. The van der Waals surface area contributed by atoms with Crippen molar-refractivity contribution in [3.05, 3.63) is 35.4 Å². The standard InChI is InChI=1S/C21H30F3N3O3/c1-20(2,3)26-19(29)27-12-16(14-7-5-8-15(11-14)21(22,23)24)17(13-27)18(28)25-9-6-10-30-4/h5,7-8,11,16-17H,6,9-10,12-13H2,1-4H3,(H,25,28)(H,26,29). The first kappa shape index (κ1) is 24.0. The van der Waals surface area contributed by atoms with Gasteiger partial charge >= 0.3 is 12.2 Å². The second-order valence-electron chi connectivity index (χ2n) is 8.56. The van der Waals surface area contributed by atoms with Gasteiger partial charge in [0, 0.05) is 44.8 Å². The Labute approximate surface area is 175 Å². The molecule has 30 heavy (non-hydrogen) atoms. The number of carbonyl (C=O) groups is 2. The number of ether oxygens (including phenoxy) is 1. The van der Waals surface area contributed by atoms with E-state index in [1.54, 1.807) is 13.2 Å². The molecule has 2 N–H and O–H groups in total. The topological polar surface area (TPSA) is 70.7 Å². The Bertz CT molecular complexity index is 747. The third-order valence-electron chi connectivity index (χ3n) is 4.89. The van der Waals surface area contributed by atoms with Crippen LogP contribution in [0.4, 0.5) is 18.0 Å². The van der Waals surface area contributed by atoms with E-state index in [1.165, 1.54) is 11.0 Å². The zero-order valence-electron chi connectivity index (χ0n) is 17.8. The smallest absolute Gasteiger partial charge is 0.385 e. The number of likely N-dealkylation sites (tertiary alicyclic amines) is 1. The minimum atomic E-state index is -4.48. The predicted octanol–water partition coefficient (Wildman–Crippen LogP) is 3.38. The Balaban J connectivity index is 2.24. The van der Waals surface area contributed by atoms with Crippen LogP contribution in [0.1, 0.15) is 44.2 Å². The largest absolute Gasteiger partial charge is 0.416 e. The van der Waals surface area contributed by atoms with Crippen molar-refractivity contribution in [2.75, 3.05) is 33.4 Å². The first-order valence-electron chi connectivity index (χ1n) is 9.93. The summed E-state index contributed by atoms with van der Waals surface area (Å²) >= 11 is 0. The second kappa shape index (κ2) is 9.68. The van der Waals surface area contributed by atoms with Crippen molar-refractivity contribution in [1.29, 1.82) is 0 Å². The van der Waals surface area contributed by atoms with Gasteiger partial charge in [-0.1, -0.05) is 18.2 Å². The predicted molar refractivity (Wildman–Crippen MR) is 107 cm³/mol. The van der Waals surface area contributed by atoms with E-state index in [9.17, 15) is 22.8 Å². The summed E-state index contributed by atoms with van der Waals surface area (Å²) in [5.41, 5.74) is -0.840. The molecule has 2 unspecified atom stereocenters. The van der Waals surface area contributed by atoms with Crippen LogP contribution in [-0.4, -0.2) is 55.7 Å². The molecule has 2 rings (SSSR count). The highest BCUT2D eigenvalue weighted by atomic mass is 19.4. The molecule has 1 aliphatic rings. The number of nitrogens with one attached hydrogen (secondary N) is 2. The molecule has 6 nitrogen and oxygen atoms in total. The third-order valence-corrected chi connectivity index (χ3v) is 4.89. The first-order chi connectivity index (χ1) is 13.9. The Morgan fingerprint density at radius 2 is 1.90 bits per heavy atom. The lowest BCUT2D eigenvalue weighted by atomic mass is 9.87. The molecule has 0 bridgehead atoms. The molecule has 1 aromatic rings. The summed E-state index contributed by atoms with van der Waals surface area (Å²) in [4.78, 5) is 26.9. The minimum absolute atomic E-state index is 0.138. The molecular weight excluding hydrogens is 399 g/mol. The summed E-state index contributed by atoms with van der Waals surface area (Å²) in [5.74, 6) is -1.44. The van der Waals surface area contributed by atoms with Gasteiger partial charge in [-0.25, -0.2) is 4.79 Å². The number of nitrogens with zero attached hydrogens (tertiary/aromatic N) is 1. The van der Waals surface area contributed by atoms with E-state index >= 15 is 0 Å². The lowest BCUT2D eigenvalue weighted by Crippen LogP contribution is -2.48. The van der Waals surface area contributed by atoms with Gasteiger partial charge in [-0.15, -0.1) is 0 Å². The molecule has 1 aromatic carbocycles. The highest BCUT2D eigenvalue weighted by Gasteiger charge is 2.41.